The van der Waals surface area contributed by atoms with Crippen LogP contribution >= 0.6 is 12.6 Å². The minimum atomic E-state index is -0.116. The average Bonchev–Trinajstić information content (AvgIpc) is 2.34. The second kappa shape index (κ2) is 6.31. The van der Waals surface area contributed by atoms with Crippen molar-refractivity contribution in [3.63, 3.8) is 0 Å². The SMILES string of the molecule is CNC(=O)c1cccc(C(CC#N)C(C)S)c1. The summed E-state index contributed by atoms with van der Waals surface area (Å²) in [6.07, 6.45) is 0.405. The van der Waals surface area contributed by atoms with Crippen molar-refractivity contribution in [2.45, 2.75) is 24.5 Å². The lowest BCUT2D eigenvalue weighted by atomic mass is 9.92. The highest BCUT2D eigenvalue weighted by Gasteiger charge is 2.17. The van der Waals surface area contributed by atoms with Crippen LogP contribution in [0, 0.1) is 11.3 Å². The molecule has 0 aliphatic carbocycles. The Bertz CT molecular complexity index is 437. The number of rotatable bonds is 4. The number of benzene rings is 1. The summed E-state index contributed by atoms with van der Waals surface area (Å²) in [7, 11) is 1.60. The fraction of sp³-hybridized carbons (Fsp3) is 0.385. The highest BCUT2D eigenvalue weighted by atomic mass is 32.1. The molecule has 0 bridgehead atoms. The van der Waals surface area contributed by atoms with Crippen LogP contribution in [0.15, 0.2) is 24.3 Å². The van der Waals surface area contributed by atoms with Crippen LogP contribution in [-0.4, -0.2) is 18.2 Å². The Balaban J connectivity index is 3.04. The van der Waals surface area contributed by atoms with Crippen LogP contribution in [0.4, 0.5) is 0 Å². The van der Waals surface area contributed by atoms with Gasteiger partial charge in [0.25, 0.3) is 5.91 Å². The summed E-state index contributed by atoms with van der Waals surface area (Å²) in [5, 5.41) is 11.5. The monoisotopic (exact) mass is 248 g/mol. The lowest BCUT2D eigenvalue weighted by Crippen LogP contribution is -2.18. The van der Waals surface area contributed by atoms with Gasteiger partial charge in [-0.15, -0.1) is 0 Å². The van der Waals surface area contributed by atoms with E-state index in [0.29, 0.717) is 12.0 Å². The molecule has 0 aliphatic rings. The Morgan fingerprint density at radius 1 is 1.59 bits per heavy atom. The molecule has 0 aromatic heterocycles. The number of nitrogens with one attached hydrogen (secondary N) is 1. The highest BCUT2D eigenvalue weighted by molar-refractivity contribution is 7.81. The molecule has 2 atom stereocenters. The number of amides is 1. The van der Waals surface area contributed by atoms with E-state index in [2.05, 4.69) is 24.0 Å². The van der Waals surface area contributed by atoms with Crippen molar-refractivity contribution in [2.75, 3.05) is 7.05 Å². The van der Waals surface area contributed by atoms with Crippen molar-refractivity contribution in [1.82, 2.24) is 5.32 Å². The highest BCUT2D eigenvalue weighted by Crippen LogP contribution is 2.27. The number of hydrogen-bond acceptors (Lipinski definition) is 3. The van der Waals surface area contributed by atoms with E-state index >= 15 is 0 Å². The third-order valence-corrected chi connectivity index (χ3v) is 3.06. The summed E-state index contributed by atoms with van der Waals surface area (Å²) < 4.78 is 0. The fourth-order valence-corrected chi connectivity index (χ4v) is 2.00. The molecular weight excluding hydrogens is 232 g/mol. The number of carbonyl (C=O) groups excluding carboxylic acids is 1. The predicted octanol–water partition coefficient (Wildman–Crippen LogP) is 2.36. The molecule has 2 unspecified atom stereocenters. The molecule has 3 nitrogen and oxygen atoms in total. The summed E-state index contributed by atoms with van der Waals surface area (Å²) in [6.45, 7) is 1.96. The van der Waals surface area contributed by atoms with Gasteiger partial charge in [-0.2, -0.15) is 17.9 Å². The first kappa shape index (κ1) is 13.6. The maximum atomic E-state index is 11.5. The van der Waals surface area contributed by atoms with E-state index in [4.69, 9.17) is 5.26 Å². The predicted molar refractivity (Wildman–Crippen MR) is 71.3 cm³/mol. The lowest BCUT2D eigenvalue weighted by molar-refractivity contribution is 0.0963. The zero-order chi connectivity index (χ0) is 12.8. The Kier molecular flexibility index (Phi) is 5.05. The van der Waals surface area contributed by atoms with Crippen LogP contribution in [0.3, 0.4) is 0 Å². The molecule has 1 amide bonds. The molecule has 4 heteroatoms. The number of carbonyl (C=O) groups is 1. The summed E-state index contributed by atoms with van der Waals surface area (Å²) in [5.41, 5.74) is 1.59. The van der Waals surface area contributed by atoms with Crippen LogP contribution in [0.1, 0.15) is 35.2 Å². The van der Waals surface area contributed by atoms with Crippen LogP contribution in [0.2, 0.25) is 0 Å². The molecule has 90 valence electrons. The summed E-state index contributed by atoms with van der Waals surface area (Å²) in [6, 6.07) is 9.51. The Hall–Kier alpha value is -1.47. The van der Waals surface area contributed by atoms with Gasteiger partial charge in [0.1, 0.15) is 0 Å². The van der Waals surface area contributed by atoms with Crippen molar-refractivity contribution in [3.05, 3.63) is 35.4 Å². The molecule has 0 fully saturated rings. The third kappa shape index (κ3) is 3.50. The molecule has 0 radical (unpaired) electrons. The smallest absolute Gasteiger partial charge is 0.251 e. The van der Waals surface area contributed by atoms with E-state index < -0.39 is 0 Å². The van der Waals surface area contributed by atoms with E-state index in [1.165, 1.54) is 0 Å². The molecule has 17 heavy (non-hydrogen) atoms. The zero-order valence-electron chi connectivity index (χ0n) is 9.97. The van der Waals surface area contributed by atoms with Crippen molar-refractivity contribution >= 4 is 18.5 Å². The molecule has 0 saturated heterocycles. The fourth-order valence-electron chi connectivity index (χ4n) is 1.72. The van der Waals surface area contributed by atoms with E-state index in [-0.39, 0.29) is 17.1 Å². The van der Waals surface area contributed by atoms with Gasteiger partial charge < -0.3 is 5.32 Å². The van der Waals surface area contributed by atoms with E-state index in [1.807, 2.05) is 25.1 Å². The number of hydrogen-bond donors (Lipinski definition) is 2. The van der Waals surface area contributed by atoms with Crippen molar-refractivity contribution in [2.24, 2.45) is 0 Å². The van der Waals surface area contributed by atoms with Crippen LogP contribution in [-0.2, 0) is 0 Å². The molecule has 0 saturated carbocycles. The number of thiol groups is 1. The van der Waals surface area contributed by atoms with Gasteiger partial charge in [0, 0.05) is 30.2 Å². The molecular formula is C13H16N2OS. The average molecular weight is 248 g/mol. The van der Waals surface area contributed by atoms with E-state index in [0.717, 1.165) is 5.56 Å². The van der Waals surface area contributed by atoms with Crippen molar-refractivity contribution in [1.29, 1.82) is 5.26 Å². The van der Waals surface area contributed by atoms with Gasteiger partial charge >= 0.3 is 0 Å². The molecule has 0 heterocycles. The van der Waals surface area contributed by atoms with Gasteiger partial charge in [-0.05, 0) is 17.7 Å². The number of nitrogens with zero attached hydrogens (tertiary/aromatic N) is 1. The van der Waals surface area contributed by atoms with Gasteiger partial charge in [-0.1, -0.05) is 19.1 Å². The van der Waals surface area contributed by atoms with Crippen molar-refractivity contribution < 1.29 is 4.79 Å². The first-order chi connectivity index (χ1) is 8.10. The molecule has 0 spiro atoms. The topological polar surface area (TPSA) is 52.9 Å². The van der Waals surface area contributed by atoms with E-state index in [9.17, 15) is 4.79 Å². The van der Waals surface area contributed by atoms with Crippen LogP contribution < -0.4 is 5.32 Å². The second-order valence-corrected chi connectivity index (χ2v) is 4.73. The molecule has 1 rings (SSSR count). The summed E-state index contributed by atoms with van der Waals surface area (Å²) in [4.78, 5) is 11.5. The van der Waals surface area contributed by atoms with Crippen LogP contribution in [0.25, 0.3) is 0 Å². The first-order valence-corrected chi connectivity index (χ1v) is 5.98. The summed E-state index contributed by atoms with van der Waals surface area (Å²) in [5.74, 6) is -0.0673. The molecule has 1 N–H and O–H groups in total. The standard InChI is InChI=1S/C13H16N2OS/c1-9(17)12(6-7-14)10-4-3-5-11(8-10)13(16)15-2/h3-5,8-9,12,17H,6H2,1-2H3,(H,15,16). The molecule has 1 aromatic rings. The largest absolute Gasteiger partial charge is 0.355 e. The van der Waals surface area contributed by atoms with Gasteiger partial charge in [0.15, 0.2) is 0 Å². The normalized spacial score (nSPS) is 13.5. The van der Waals surface area contributed by atoms with Gasteiger partial charge in [-0.3, -0.25) is 4.79 Å². The zero-order valence-corrected chi connectivity index (χ0v) is 10.9. The summed E-state index contributed by atoms with van der Waals surface area (Å²) >= 11 is 4.40. The Labute approximate surface area is 107 Å². The molecule has 1 aromatic carbocycles. The second-order valence-electron chi connectivity index (χ2n) is 3.91. The lowest BCUT2D eigenvalue weighted by Gasteiger charge is -2.18. The molecule has 0 aliphatic heterocycles. The Morgan fingerprint density at radius 2 is 2.29 bits per heavy atom. The quantitative estimate of drug-likeness (QED) is 0.804. The van der Waals surface area contributed by atoms with Crippen molar-refractivity contribution in [3.8, 4) is 6.07 Å². The first-order valence-electron chi connectivity index (χ1n) is 5.47. The maximum Gasteiger partial charge on any atom is 0.251 e. The van der Waals surface area contributed by atoms with Gasteiger partial charge in [0.05, 0.1) is 6.07 Å². The third-order valence-electron chi connectivity index (χ3n) is 2.70. The van der Waals surface area contributed by atoms with Gasteiger partial charge in [-0.25, -0.2) is 0 Å². The minimum Gasteiger partial charge on any atom is -0.355 e. The van der Waals surface area contributed by atoms with Crippen LogP contribution in [0.5, 0.6) is 0 Å². The van der Waals surface area contributed by atoms with Gasteiger partial charge in [0.2, 0.25) is 0 Å². The minimum absolute atomic E-state index is 0.0490. The number of nitriles is 1. The Morgan fingerprint density at radius 3 is 2.82 bits per heavy atom. The van der Waals surface area contributed by atoms with E-state index in [1.54, 1.807) is 13.1 Å². The maximum absolute atomic E-state index is 11.5.